The summed E-state index contributed by atoms with van der Waals surface area (Å²) in [6.45, 7) is 9.22. The first-order valence-electron chi connectivity index (χ1n) is 12.9. The molecule has 1 atom stereocenters. The number of benzene rings is 1. The molecule has 1 N–H and O–H groups in total. The molecule has 9 heteroatoms. The van der Waals surface area contributed by atoms with Crippen LogP contribution in [0.4, 0.5) is 5.69 Å². The summed E-state index contributed by atoms with van der Waals surface area (Å²) in [6.07, 6.45) is 2.51. The lowest BCUT2D eigenvalue weighted by molar-refractivity contribution is -0.139. The molecule has 3 fully saturated rings. The molecule has 0 saturated carbocycles. The third-order valence-corrected chi connectivity index (χ3v) is 7.17. The fraction of sp³-hybridized carbons (Fsp3) is 0.654. The number of carbonyl (C=O) groups excluding carboxylic acids is 3. The second-order valence-corrected chi connectivity index (χ2v) is 9.53. The number of morpholine rings is 1. The molecule has 192 valence electrons. The number of likely N-dealkylation sites (tertiary alicyclic amines) is 1. The molecule has 0 unspecified atom stereocenters. The lowest BCUT2D eigenvalue weighted by atomic mass is 9.94. The molecule has 0 bridgehead atoms. The molecular formula is C26H38N4O5. The van der Waals surface area contributed by atoms with E-state index in [1.165, 1.54) is 0 Å². The Balaban J connectivity index is 1.18. The highest BCUT2D eigenvalue weighted by molar-refractivity contribution is 6.00. The van der Waals surface area contributed by atoms with E-state index in [9.17, 15) is 14.4 Å². The van der Waals surface area contributed by atoms with Gasteiger partial charge in [-0.2, -0.15) is 0 Å². The lowest BCUT2D eigenvalue weighted by Crippen LogP contribution is -2.45. The van der Waals surface area contributed by atoms with Crippen LogP contribution in [-0.2, 0) is 19.1 Å². The predicted molar refractivity (Wildman–Crippen MR) is 132 cm³/mol. The van der Waals surface area contributed by atoms with Crippen LogP contribution in [0.5, 0.6) is 5.75 Å². The van der Waals surface area contributed by atoms with E-state index in [-0.39, 0.29) is 36.0 Å². The highest BCUT2D eigenvalue weighted by Gasteiger charge is 2.38. The van der Waals surface area contributed by atoms with E-state index in [1.54, 1.807) is 4.90 Å². The number of nitrogens with one attached hydrogen (secondary N) is 1. The van der Waals surface area contributed by atoms with Gasteiger partial charge >= 0.3 is 0 Å². The van der Waals surface area contributed by atoms with Crippen molar-refractivity contribution in [3.05, 3.63) is 24.3 Å². The molecule has 1 aromatic carbocycles. The fourth-order valence-corrected chi connectivity index (χ4v) is 5.12. The smallest absolute Gasteiger partial charge is 0.228 e. The molecule has 0 aromatic heterocycles. The van der Waals surface area contributed by atoms with Crippen LogP contribution in [-0.4, -0.2) is 93.2 Å². The van der Waals surface area contributed by atoms with Gasteiger partial charge in [-0.1, -0.05) is 0 Å². The Morgan fingerprint density at radius 3 is 2.46 bits per heavy atom. The summed E-state index contributed by atoms with van der Waals surface area (Å²) in [5.74, 6) is 0.471. The zero-order chi connectivity index (χ0) is 24.6. The minimum atomic E-state index is -0.334. The van der Waals surface area contributed by atoms with Gasteiger partial charge in [0.05, 0.1) is 25.7 Å². The Morgan fingerprint density at radius 1 is 1.06 bits per heavy atom. The minimum Gasteiger partial charge on any atom is -0.494 e. The maximum absolute atomic E-state index is 13.1. The first kappa shape index (κ1) is 25.4. The van der Waals surface area contributed by atoms with Gasteiger partial charge in [-0.15, -0.1) is 0 Å². The average molecular weight is 487 g/mol. The van der Waals surface area contributed by atoms with Crippen molar-refractivity contribution in [1.29, 1.82) is 0 Å². The molecule has 3 aliphatic heterocycles. The van der Waals surface area contributed by atoms with Gasteiger partial charge in [0.15, 0.2) is 0 Å². The van der Waals surface area contributed by atoms with Crippen molar-refractivity contribution in [2.45, 2.75) is 32.6 Å². The Hall–Kier alpha value is -2.65. The van der Waals surface area contributed by atoms with Gasteiger partial charge in [0.1, 0.15) is 5.75 Å². The number of nitrogens with zero attached hydrogens (tertiary/aromatic N) is 3. The highest BCUT2D eigenvalue weighted by atomic mass is 16.5. The van der Waals surface area contributed by atoms with E-state index in [0.717, 1.165) is 50.7 Å². The molecule has 9 nitrogen and oxygen atoms in total. The number of carbonyl (C=O) groups is 3. The molecule has 1 aromatic rings. The van der Waals surface area contributed by atoms with Crippen molar-refractivity contribution in [2.75, 3.05) is 70.5 Å². The minimum absolute atomic E-state index is 0.0242. The van der Waals surface area contributed by atoms with Crippen LogP contribution in [0, 0.1) is 11.8 Å². The Morgan fingerprint density at radius 2 is 1.77 bits per heavy atom. The number of piperidine rings is 1. The average Bonchev–Trinajstić information content (AvgIpc) is 3.29. The van der Waals surface area contributed by atoms with Gasteiger partial charge in [0.25, 0.3) is 0 Å². The molecule has 0 radical (unpaired) electrons. The van der Waals surface area contributed by atoms with E-state index >= 15 is 0 Å². The SMILES string of the molecule is CCOc1ccc(N2C[C@@H](C(=O)N3CCC(C(=O)NCCCN4CCOCC4)CC3)CC2=O)cc1. The zero-order valence-electron chi connectivity index (χ0n) is 20.7. The molecule has 35 heavy (non-hydrogen) atoms. The molecule has 3 amide bonds. The van der Waals surface area contributed by atoms with Gasteiger partial charge in [-0.25, -0.2) is 0 Å². The summed E-state index contributed by atoms with van der Waals surface area (Å²) in [6, 6.07) is 7.42. The van der Waals surface area contributed by atoms with Crippen molar-refractivity contribution in [3.8, 4) is 5.75 Å². The Kier molecular flexibility index (Phi) is 8.98. The predicted octanol–water partition coefficient (Wildman–Crippen LogP) is 1.52. The van der Waals surface area contributed by atoms with Crippen molar-refractivity contribution in [2.24, 2.45) is 11.8 Å². The van der Waals surface area contributed by atoms with Gasteiger partial charge in [0.2, 0.25) is 17.7 Å². The Bertz CT molecular complexity index is 863. The third kappa shape index (κ3) is 6.73. The maximum Gasteiger partial charge on any atom is 0.228 e. The molecule has 3 heterocycles. The zero-order valence-corrected chi connectivity index (χ0v) is 20.7. The fourth-order valence-electron chi connectivity index (χ4n) is 5.12. The van der Waals surface area contributed by atoms with E-state index < -0.39 is 0 Å². The summed E-state index contributed by atoms with van der Waals surface area (Å²) >= 11 is 0. The van der Waals surface area contributed by atoms with Crippen LogP contribution < -0.4 is 15.0 Å². The van der Waals surface area contributed by atoms with E-state index in [1.807, 2.05) is 36.1 Å². The molecule has 0 spiro atoms. The van der Waals surface area contributed by atoms with Gasteiger partial charge < -0.3 is 24.6 Å². The topological polar surface area (TPSA) is 91.4 Å². The molecule has 3 aliphatic rings. The van der Waals surface area contributed by atoms with Crippen molar-refractivity contribution >= 4 is 23.4 Å². The van der Waals surface area contributed by atoms with Gasteiger partial charge in [-0.3, -0.25) is 19.3 Å². The standard InChI is InChI=1S/C26H38N4O5/c1-2-35-23-6-4-22(5-7-23)30-19-21(18-24(30)31)26(33)29-12-8-20(9-13-29)25(32)27-10-3-11-28-14-16-34-17-15-28/h4-7,20-21H,2-3,8-19H2,1H3,(H,27,32)/t21-/m0/s1. The third-order valence-electron chi connectivity index (χ3n) is 7.17. The van der Waals surface area contributed by atoms with Crippen molar-refractivity contribution in [3.63, 3.8) is 0 Å². The second kappa shape index (κ2) is 12.4. The summed E-state index contributed by atoms with van der Waals surface area (Å²) in [4.78, 5) is 44.2. The van der Waals surface area contributed by atoms with Crippen molar-refractivity contribution in [1.82, 2.24) is 15.1 Å². The molecular weight excluding hydrogens is 448 g/mol. The number of anilines is 1. The van der Waals surface area contributed by atoms with E-state index in [2.05, 4.69) is 10.2 Å². The number of hydrogen-bond donors (Lipinski definition) is 1. The summed E-state index contributed by atoms with van der Waals surface area (Å²) < 4.78 is 10.8. The van der Waals surface area contributed by atoms with E-state index in [0.29, 0.717) is 45.6 Å². The van der Waals surface area contributed by atoms with Crippen LogP contribution in [0.25, 0.3) is 0 Å². The van der Waals surface area contributed by atoms with Gasteiger partial charge in [-0.05, 0) is 57.0 Å². The first-order chi connectivity index (χ1) is 17.0. The maximum atomic E-state index is 13.1. The van der Waals surface area contributed by atoms with E-state index in [4.69, 9.17) is 9.47 Å². The quantitative estimate of drug-likeness (QED) is 0.532. The molecule has 0 aliphatic carbocycles. The largest absolute Gasteiger partial charge is 0.494 e. The molecule has 3 saturated heterocycles. The van der Waals surface area contributed by atoms with Gasteiger partial charge in [0, 0.05) is 57.3 Å². The van der Waals surface area contributed by atoms with Crippen LogP contribution in [0.3, 0.4) is 0 Å². The first-order valence-corrected chi connectivity index (χ1v) is 12.9. The number of amides is 3. The number of rotatable bonds is 9. The highest BCUT2D eigenvalue weighted by Crippen LogP contribution is 2.29. The van der Waals surface area contributed by atoms with Crippen LogP contribution >= 0.6 is 0 Å². The monoisotopic (exact) mass is 486 g/mol. The normalized spacial score (nSPS) is 21.9. The summed E-state index contributed by atoms with van der Waals surface area (Å²) in [5, 5.41) is 3.07. The summed E-state index contributed by atoms with van der Waals surface area (Å²) in [5.41, 5.74) is 0.790. The summed E-state index contributed by atoms with van der Waals surface area (Å²) in [7, 11) is 0. The lowest BCUT2D eigenvalue weighted by Gasteiger charge is -2.33. The second-order valence-electron chi connectivity index (χ2n) is 9.53. The molecule has 4 rings (SSSR count). The van der Waals surface area contributed by atoms with Crippen LogP contribution in [0.1, 0.15) is 32.6 Å². The van der Waals surface area contributed by atoms with Crippen LogP contribution in [0.15, 0.2) is 24.3 Å². The Labute approximate surface area is 207 Å². The number of hydrogen-bond acceptors (Lipinski definition) is 6. The van der Waals surface area contributed by atoms with Crippen molar-refractivity contribution < 1.29 is 23.9 Å². The van der Waals surface area contributed by atoms with Crippen LogP contribution in [0.2, 0.25) is 0 Å². The number of ether oxygens (including phenoxy) is 2.